The Labute approximate surface area is 210 Å². The molecule has 1 fully saturated rings. The van der Waals surface area contributed by atoms with E-state index in [0.29, 0.717) is 37.8 Å². The van der Waals surface area contributed by atoms with E-state index in [0.717, 1.165) is 48.1 Å². The van der Waals surface area contributed by atoms with Crippen LogP contribution in [0.5, 0.6) is 0 Å². The molecular formula is C28H30N4O4. The molecule has 0 saturated carbocycles. The zero-order valence-electron chi connectivity index (χ0n) is 20.4. The van der Waals surface area contributed by atoms with Crippen LogP contribution in [0.3, 0.4) is 0 Å². The number of nitrogens with zero attached hydrogens (tertiary/aromatic N) is 4. The fourth-order valence-corrected chi connectivity index (χ4v) is 4.51. The van der Waals surface area contributed by atoms with Crippen molar-refractivity contribution in [3.63, 3.8) is 0 Å². The molecule has 1 amide bonds. The Morgan fingerprint density at radius 1 is 1.25 bits per heavy atom. The van der Waals surface area contributed by atoms with Gasteiger partial charge >= 0.3 is 0 Å². The minimum atomic E-state index is -0.651. The zero-order chi connectivity index (χ0) is 24.9. The highest BCUT2D eigenvalue weighted by Crippen LogP contribution is 2.22. The lowest BCUT2D eigenvalue weighted by molar-refractivity contribution is -0.146. The predicted octanol–water partition coefficient (Wildman–Crippen LogP) is 3.72. The van der Waals surface area contributed by atoms with Crippen LogP contribution in [0.2, 0.25) is 0 Å². The molecule has 8 nitrogen and oxygen atoms in total. The summed E-state index contributed by atoms with van der Waals surface area (Å²) in [6, 6.07) is 9.75. The highest BCUT2D eigenvalue weighted by Gasteiger charge is 2.27. The normalized spacial score (nSPS) is 18.8. The fraction of sp³-hybridized carbons (Fsp3) is 0.393. The number of hydrogen-bond donors (Lipinski definition) is 1. The van der Waals surface area contributed by atoms with E-state index in [-0.39, 0.29) is 12.0 Å². The van der Waals surface area contributed by atoms with Crippen LogP contribution < -0.4 is 0 Å². The molecule has 2 aliphatic heterocycles. The molecule has 1 N–H and O–H groups in total. The zero-order valence-corrected chi connectivity index (χ0v) is 20.4. The second-order valence-electron chi connectivity index (χ2n) is 9.22. The number of aromatic nitrogens is 3. The smallest absolute Gasteiger partial charge is 0.251 e. The van der Waals surface area contributed by atoms with E-state index >= 15 is 0 Å². The van der Waals surface area contributed by atoms with Crippen molar-refractivity contribution >= 4 is 5.91 Å². The SMILES string of the molecule is C[C@H](O)c1nccn1Cc1cc(-c2ccc(C#CC3=CCN(C(=O)C4CCCCO4)CC3)cc2)on1. The van der Waals surface area contributed by atoms with Crippen molar-refractivity contribution in [1.29, 1.82) is 0 Å². The highest BCUT2D eigenvalue weighted by molar-refractivity contribution is 5.81. The summed E-state index contributed by atoms with van der Waals surface area (Å²) < 4.78 is 13.0. The Bertz CT molecular complexity index is 1290. The van der Waals surface area contributed by atoms with Gasteiger partial charge in [0, 0.05) is 54.9 Å². The Balaban J connectivity index is 1.18. The summed E-state index contributed by atoms with van der Waals surface area (Å²) in [5.74, 6) is 7.85. The third-order valence-electron chi connectivity index (χ3n) is 6.53. The van der Waals surface area contributed by atoms with Crippen LogP contribution >= 0.6 is 0 Å². The lowest BCUT2D eigenvalue weighted by Gasteiger charge is -2.30. The quantitative estimate of drug-likeness (QED) is 0.553. The molecule has 2 aromatic heterocycles. The number of aliphatic hydroxyl groups is 1. The van der Waals surface area contributed by atoms with Gasteiger partial charge in [-0.2, -0.15) is 0 Å². The van der Waals surface area contributed by atoms with Crippen molar-refractivity contribution in [1.82, 2.24) is 19.6 Å². The molecule has 36 heavy (non-hydrogen) atoms. The van der Waals surface area contributed by atoms with Crippen molar-refractivity contribution in [2.45, 2.75) is 51.4 Å². The van der Waals surface area contributed by atoms with Crippen molar-refractivity contribution in [3.8, 4) is 23.2 Å². The first-order valence-electron chi connectivity index (χ1n) is 12.4. The maximum Gasteiger partial charge on any atom is 0.251 e. The first kappa shape index (κ1) is 24.0. The number of amides is 1. The molecule has 8 heteroatoms. The molecule has 0 aliphatic carbocycles. The van der Waals surface area contributed by atoms with Crippen LogP contribution in [0.25, 0.3) is 11.3 Å². The first-order chi connectivity index (χ1) is 17.6. The summed E-state index contributed by atoms with van der Waals surface area (Å²) in [5.41, 5.74) is 3.63. The van der Waals surface area contributed by atoms with Gasteiger partial charge in [0.1, 0.15) is 23.7 Å². The third-order valence-corrected chi connectivity index (χ3v) is 6.53. The maximum absolute atomic E-state index is 12.6. The standard InChI is InChI=1S/C28H30N4O4/c1-20(33)27-29-13-16-32(27)19-24-18-26(36-30-24)23-9-7-21(8-10-23)5-6-22-11-14-31(15-12-22)28(34)25-4-2-3-17-35-25/h7-11,13,16,18,20,25,33H,2-4,12,14-15,17,19H2,1H3/t20-,25?/m0/s1. The summed E-state index contributed by atoms with van der Waals surface area (Å²) in [6.45, 7) is 4.12. The largest absolute Gasteiger partial charge is 0.385 e. The van der Waals surface area contributed by atoms with Crippen molar-refractivity contribution in [2.75, 3.05) is 19.7 Å². The van der Waals surface area contributed by atoms with Crippen LogP contribution in [0, 0.1) is 11.8 Å². The van der Waals surface area contributed by atoms with E-state index in [1.54, 1.807) is 13.1 Å². The Morgan fingerprint density at radius 2 is 2.11 bits per heavy atom. The number of benzene rings is 1. The number of ether oxygens (including phenoxy) is 1. The van der Waals surface area contributed by atoms with Gasteiger partial charge in [-0.1, -0.05) is 23.1 Å². The van der Waals surface area contributed by atoms with Gasteiger partial charge in [0.2, 0.25) is 0 Å². The predicted molar refractivity (Wildman–Crippen MR) is 134 cm³/mol. The molecule has 3 aromatic rings. The molecule has 1 unspecified atom stereocenters. The molecule has 1 saturated heterocycles. The summed E-state index contributed by atoms with van der Waals surface area (Å²) in [7, 11) is 0. The number of aliphatic hydroxyl groups excluding tert-OH is 1. The van der Waals surface area contributed by atoms with E-state index in [9.17, 15) is 9.90 Å². The van der Waals surface area contributed by atoms with Gasteiger partial charge in [0.05, 0.1) is 6.54 Å². The third kappa shape index (κ3) is 5.59. The second-order valence-corrected chi connectivity index (χ2v) is 9.22. The van der Waals surface area contributed by atoms with Gasteiger partial charge in [-0.15, -0.1) is 0 Å². The van der Waals surface area contributed by atoms with Crippen molar-refractivity contribution in [2.24, 2.45) is 0 Å². The van der Waals surface area contributed by atoms with Gasteiger partial charge in [-0.3, -0.25) is 4.79 Å². The van der Waals surface area contributed by atoms with Crippen LogP contribution in [-0.2, 0) is 16.1 Å². The van der Waals surface area contributed by atoms with E-state index < -0.39 is 6.10 Å². The van der Waals surface area contributed by atoms with E-state index in [1.165, 1.54) is 0 Å². The molecule has 4 heterocycles. The number of carbonyl (C=O) groups excluding carboxylic acids is 1. The summed E-state index contributed by atoms with van der Waals surface area (Å²) in [6.07, 6.45) is 8.29. The fourth-order valence-electron chi connectivity index (χ4n) is 4.51. The van der Waals surface area contributed by atoms with E-state index in [4.69, 9.17) is 9.26 Å². The van der Waals surface area contributed by atoms with Gasteiger partial charge in [-0.25, -0.2) is 4.98 Å². The highest BCUT2D eigenvalue weighted by atomic mass is 16.5. The molecule has 2 aliphatic rings. The van der Waals surface area contributed by atoms with Crippen molar-refractivity contribution in [3.05, 3.63) is 71.5 Å². The number of hydrogen-bond acceptors (Lipinski definition) is 6. The minimum Gasteiger partial charge on any atom is -0.385 e. The molecule has 0 spiro atoms. The molecule has 5 rings (SSSR count). The number of carbonyl (C=O) groups is 1. The van der Waals surface area contributed by atoms with Crippen LogP contribution in [0.4, 0.5) is 0 Å². The maximum atomic E-state index is 12.6. The molecule has 0 bridgehead atoms. The molecular weight excluding hydrogens is 456 g/mol. The average molecular weight is 487 g/mol. The van der Waals surface area contributed by atoms with Gasteiger partial charge in [-0.05, 0) is 56.9 Å². The molecule has 0 radical (unpaired) electrons. The first-order valence-corrected chi connectivity index (χ1v) is 12.4. The minimum absolute atomic E-state index is 0.109. The average Bonchev–Trinajstić information content (AvgIpc) is 3.58. The van der Waals surface area contributed by atoms with Gasteiger partial charge < -0.3 is 23.8 Å². The second kappa shape index (κ2) is 10.9. The van der Waals surface area contributed by atoms with Gasteiger partial charge in [0.15, 0.2) is 5.76 Å². The molecule has 2 atom stereocenters. The summed E-state index contributed by atoms with van der Waals surface area (Å²) >= 11 is 0. The number of rotatable bonds is 5. The Hall–Kier alpha value is -3.67. The topological polar surface area (TPSA) is 93.6 Å². The van der Waals surface area contributed by atoms with Crippen LogP contribution in [-0.4, -0.2) is 56.4 Å². The lowest BCUT2D eigenvalue weighted by atomic mass is 10.0. The lowest BCUT2D eigenvalue weighted by Crippen LogP contribution is -2.43. The van der Waals surface area contributed by atoms with E-state index in [1.807, 2.05) is 52.1 Å². The monoisotopic (exact) mass is 486 g/mol. The Morgan fingerprint density at radius 3 is 2.83 bits per heavy atom. The number of imidazole rings is 1. The molecule has 186 valence electrons. The molecule has 1 aromatic carbocycles. The van der Waals surface area contributed by atoms with E-state index in [2.05, 4.69) is 22.0 Å². The summed E-state index contributed by atoms with van der Waals surface area (Å²) in [4.78, 5) is 18.7. The van der Waals surface area contributed by atoms with Gasteiger partial charge in [0.25, 0.3) is 5.91 Å². The summed E-state index contributed by atoms with van der Waals surface area (Å²) in [5, 5.41) is 14.0. The van der Waals surface area contributed by atoms with Crippen molar-refractivity contribution < 1.29 is 19.2 Å². The van der Waals surface area contributed by atoms with Crippen LogP contribution in [0.1, 0.15) is 55.8 Å². The Kier molecular flexibility index (Phi) is 7.31. The van der Waals surface area contributed by atoms with Crippen LogP contribution in [0.15, 0.2) is 58.9 Å².